The summed E-state index contributed by atoms with van der Waals surface area (Å²) in [4.78, 5) is 10.4. The van der Waals surface area contributed by atoms with Crippen LogP contribution in [0.5, 0.6) is 0 Å². The summed E-state index contributed by atoms with van der Waals surface area (Å²) in [5.74, 6) is 0.133. The van der Waals surface area contributed by atoms with E-state index in [2.05, 4.69) is 26.8 Å². The first kappa shape index (κ1) is 17.2. The van der Waals surface area contributed by atoms with E-state index in [1.54, 1.807) is 0 Å². The Morgan fingerprint density at radius 2 is 1.67 bits per heavy atom. The number of carboxylic acid groups (broad SMARTS) is 1. The van der Waals surface area contributed by atoms with Crippen LogP contribution < -0.4 is 0 Å². The average Bonchev–Trinajstić information content (AvgIpc) is 2.26. The van der Waals surface area contributed by atoms with Gasteiger partial charge in [0.25, 0.3) is 0 Å². The highest BCUT2D eigenvalue weighted by atomic mass is 16.4. The number of hydrogen-bond donors (Lipinski definition) is 1. The number of unbranched alkanes of at least 4 members (excludes halogenated alkanes) is 4. The summed E-state index contributed by atoms with van der Waals surface area (Å²) < 4.78 is 0. The van der Waals surface area contributed by atoms with Crippen molar-refractivity contribution in [3.8, 4) is 0 Å². The summed E-state index contributed by atoms with van der Waals surface area (Å²) in [6.45, 7) is 6.68. The molecule has 0 aromatic rings. The molecule has 0 aliphatic heterocycles. The number of aliphatic carboxylic acids is 1. The highest BCUT2D eigenvalue weighted by Crippen LogP contribution is 2.14. The van der Waals surface area contributed by atoms with Gasteiger partial charge in [-0.3, -0.25) is 4.79 Å². The molecule has 0 unspecified atom stereocenters. The molecule has 0 aromatic carbocycles. The molecule has 0 aliphatic carbocycles. The quantitative estimate of drug-likeness (QED) is 0.407. The lowest BCUT2D eigenvalue weighted by molar-refractivity contribution is -0.136. The van der Waals surface area contributed by atoms with Crippen molar-refractivity contribution in [1.82, 2.24) is 0 Å². The van der Waals surface area contributed by atoms with Gasteiger partial charge in [-0.1, -0.05) is 57.6 Å². The van der Waals surface area contributed by atoms with Gasteiger partial charge in [0.05, 0.1) is 0 Å². The van der Waals surface area contributed by atoms with E-state index in [0.717, 1.165) is 12.3 Å². The molecular weight excluding hydrogens is 224 g/mol. The van der Waals surface area contributed by atoms with E-state index in [4.69, 9.17) is 5.11 Å². The van der Waals surface area contributed by atoms with E-state index < -0.39 is 5.97 Å². The molecule has 0 saturated heterocycles. The fraction of sp³-hybridized carbons (Fsp3) is 0.812. The van der Waals surface area contributed by atoms with Crippen LogP contribution in [0.3, 0.4) is 0 Å². The molecule has 2 nitrogen and oxygen atoms in total. The summed E-state index contributed by atoms with van der Waals surface area (Å²) in [7, 11) is 0. The van der Waals surface area contributed by atoms with E-state index >= 15 is 0 Å². The standard InChI is InChI=1S/C16H30O2/c1-14(2)10-7-5-4-6-8-11-15(3)12-9-13-16(17)18/h12,14H,4-11,13H2,1-3H3,(H,17,18). The van der Waals surface area contributed by atoms with E-state index in [1.165, 1.54) is 44.1 Å². The van der Waals surface area contributed by atoms with Gasteiger partial charge in [0, 0.05) is 6.42 Å². The van der Waals surface area contributed by atoms with Crippen LogP contribution in [-0.2, 0) is 4.79 Å². The molecular formula is C16H30O2. The Labute approximate surface area is 112 Å². The molecule has 0 amide bonds. The van der Waals surface area contributed by atoms with Crippen LogP contribution in [-0.4, -0.2) is 11.1 Å². The maximum Gasteiger partial charge on any atom is 0.303 e. The minimum absolute atomic E-state index is 0.256. The van der Waals surface area contributed by atoms with E-state index in [1.807, 2.05) is 0 Å². The molecule has 0 aromatic heterocycles. The molecule has 1 N–H and O–H groups in total. The normalized spacial score (nSPS) is 12.1. The molecule has 106 valence electrons. The third kappa shape index (κ3) is 13.3. The van der Waals surface area contributed by atoms with Gasteiger partial charge in [0.15, 0.2) is 0 Å². The van der Waals surface area contributed by atoms with Crippen LogP contribution >= 0.6 is 0 Å². The summed E-state index contributed by atoms with van der Waals surface area (Å²) in [5.41, 5.74) is 1.35. The minimum atomic E-state index is -0.704. The van der Waals surface area contributed by atoms with Crippen molar-refractivity contribution in [2.24, 2.45) is 5.92 Å². The van der Waals surface area contributed by atoms with Crippen molar-refractivity contribution in [3.63, 3.8) is 0 Å². The van der Waals surface area contributed by atoms with Gasteiger partial charge in [0.1, 0.15) is 0 Å². The Morgan fingerprint density at radius 1 is 1.06 bits per heavy atom. The van der Waals surface area contributed by atoms with Gasteiger partial charge < -0.3 is 5.11 Å². The lowest BCUT2D eigenvalue weighted by Gasteiger charge is -2.04. The van der Waals surface area contributed by atoms with Crippen LogP contribution in [0, 0.1) is 5.92 Å². The predicted octanol–water partition coefficient (Wildman–Crippen LogP) is 5.18. The second-order valence-corrected chi connectivity index (χ2v) is 5.68. The van der Waals surface area contributed by atoms with E-state index in [0.29, 0.717) is 6.42 Å². The Balaban J connectivity index is 3.34. The Kier molecular flexibility index (Phi) is 10.8. The number of rotatable bonds is 11. The first-order valence-corrected chi connectivity index (χ1v) is 7.39. The number of carboxylic acids is 1. The second kappa shape index (κ2) is 11.3. The van der Waals surface area contributed by atoms with Crippen LogP contribution in [0.15, 0.2) is 11.6 Å². The van der Waals surface area contributed by atoms with Gasteiger partial charge in [-0.05, 0) is 32.1 Å². The summed E-state index contributed by atoms with van der Waals surface area (Å²) >= 11 is 0. The summed E-state index contributed by atoms with van der Waals surface area (Å²) in [5, 5.41) is 8.53. The number of allylic oxidation sites excluding steroid dienone is 2. The molecule has 0 atom stereocenters. The predicted molar refractivity (Wildman–Crippen MR) is 77.8 cm³/mol. The Bertz CT molecular complexity index is 241. The van der Waals surface area contributed by atoms with Gasteiger partial charge in [0.2, 0.25) is 0 Å². The monoisotopic (exact) mass is 254 g/mol. The van der Waals surface area contributed by atoms with Crippen molar-refractivity contribution in [2.75, 3.05) is 0 Å². The first-order valence-electron chi connectivity index (χ1n) is 7.39. The third-order valence-corrected chi connectivity index (χ3v) is 3.20. The zero-order valence-electron chi connectivity index (χ0n) is 12.4. The van der Waals surface area contributed by atoms with Crippen LogP contribution in [0.25, 0.3) is 0 Å². The topological polar surface area (TPSA) is 37.3 Å². The number of hydrogen-bond acceptors (Lipinski definition) is 1. The van der Waals surface area contributed by atoms with Crippen molar-refractivity contribution >= 4 is 5.97 Å². The maximum atomic E-state index is 10.4. The average molecular weight is 254 g/mol. The minimum Gasteiger partial charge on any atom is -0.481 e. The Morgan fingerprint density at radius 3 is 2.28 bits per heavy atom. The molecule has 2 heteroatoms. The van der Waals surface area contributed by atoms with Crippen LogP contribution in [0.2, 0.25) is 0 Å². The first-order chi connectivity index (χ1) is 8.52. The van der Waals surface area contributed by atoms with Gasteiger partial charge >= 0.3 is 5.97 Å². The van der Waals surface area contributed by atoms with Crippen molar-refractivity contribution < 1.29 is 9.90 Å². The third-order valence-electron chi connectivity index (χ3n) is 3.20. The number of carbonyl (C=O) groups is 1. The summed E-state index contributed by atoms with van der Waals surface area (Å²) in [6.07, 6.45) is 12.1. The van der Waals surface area contributed by atoms with Crippen molar-refractivity contribution in [2.45, 2.75) is 78.6 Å². The lowest BCUT2D eigenvalue weighted by Crippen LogP contribution is -1.92. The van der Waals surface area contributed by atoms with Gasteiger partial charge in [-0.2, -0.15) is 0 Å². The highest BCUT2D eigenvalue weighted by molar-refractivity contribution is 5.66. The van der Waals surface area contributed by atoms with Crippen molar-refractivity contribution in [3.05, 3.63) is 11.6 Å². The zero-order chi connectivity index (χ0) is 13.8. The molecule has 0 aliphatic rings. The molecule has 0 saturated carbocycles. The molecule has 0 rings (SSSR count). The summed E-state index contributed by atoms with van der Waals surface area (Å²) in [6, 6.07) is 0. The fourth-order valence-corrected chi connectivity index (χ4v) is 2.03. The molecule has 0 bridgehead atoms. The smallest absolute Gasteiger partial charge is 0.303 e. The molecule has 0 heterocycles. The van der Waals surface area contributed by atoms with Crippen molar-refractivity contribution in [1.29, 1.82) is 0 Å². The molecule has 18 heavy (non-hydrogen) atoms. The molecule has 0 fully saturated rings. The van der Waals surface area contributed by atoms with E-state index in [-0.39, 0.29) is 6.42 Å². The Hall–Kier alpha value is -0.790. The van der Waals surface area contributed by atoms with Gasteiger partial charge in [-0.25, -0.2) is 0 Å². The largest absolute Gasteiger partial charge is 0.481 e. The fourth-order valence-electron chi connectivity index (χ4n) is 2.03. The van der Waals surface area contributed by atoms with Crippen LogP contribution in [0.1, 0.15) is 78.6 Å². The highest BCUT2D eigenvalue weighted by Gasteiger charge is 1.97. The SMILES string of the molecule is CC(=CCCC(=O)O)CCCCCCCC(C)C. The molecule has 0 spiro atoms. The van der Waals surface area contributed by atoms with Gasteiger partial charge in [-0.15, -0.1) is 0 Å². The van der Waals surface area contributed by atoms with E-state index in [9.17, 15) is 4.79 Å². The zero-order valence-corrected chi connectivity index (χ0v) is 12.4. The maximum absolute atomic E-state index is 10.4. The second-order valence-electron chi connectivity index (χ2n) is 5.68. The lowest BCUT2D eigenvalue weighted by atomic mass is 10.0. The molecule has 0 radical (unpaired) electrons. The van der Waals surface area contributed by atoms with Crippen LogP contribution in [0.4, 0.5) is 0 Å².